The summed E-state index contributed by atoms with van der Waals surface area (Å²) in [4.78, 5) is 4.91. The van der Waals surface area contributed by atoms with Crippen LogP contribution in [-0.4, -0.2) is 9.55 Å². The van der Waals surface area contributed by atoms with Gasteiger partial charge in [0.25, 0.3) is 0 Å². The fourth-order valence-electron chi connectivity index (χ4n) is 8.47. The molecule has 0 radical (unpaired) electrons. The normalized spacial score (nSPS) is 18.5. The van der Waals surface area contributed by atoms with Gasteiger partial charge in [-0.2, -0.15) is 16.7 Å². The molecule has 0 aliphatic carbocycles. The Morgan fingerprint density at radius 2 is 1.29 bits per heavy atom. The van der Waals surface area contributed by atoms with E-state index < -0.39 is 0 Å². The zero-order valence-corrected chi connectivity index (χ0v) is 34.7. The van der Waals surface area contributed by atoms with Crippen LogP contribution in [0.1, 0.15) is 52.7 Å². The molecule has 0 bridgehead atoms. The van der Waals surface area contributed by atoms with E-state index >= 15 is 0 Å². The molecule has 56 heavy (non-hydrogen) atoms. The SMILES string of the molecule is CC(C)(C)c1cccc([N@+]23[CH-][N+]2(c2[c-]c(Oc4[c-]c5c(cc4)c4cc(-c6ccccc6)ccc4n5-c4cc(C(C)(C)C)ccn4)ccc2)c2ccccc23)c1.[Pt]. The number of fused-ring (bicyclic) bond motifs is 7. The van der Waals surface area contributed by atoms with Crippen LogP contribution >= 0.6 is 0 Å². The average Bonchev–Trinajstić information content (AvgIpc) is 3.69. The monoisotopic (exact) mass is 910 g/mol. The summed E-state index contributed by atoms with van der Waals surface area (Å²) in [7, 11) is 0. The van der Waals surface area contributed by atoms with Crippen LogP contribution in [0.4, 0.5) is 22.7 Å². The predicted molar refractivity (Wildman–Crippen MR) is 226 cm³/mol. The Kier molecular flexibility index (Phi) is 8.34. The van der Waals surface area contributed by atoms with E-state index in [0.29, 0.717) is 20.7 Å². The first-order valence-electron chi connectivity index (χ1n) is 19.1. The van der Waals surface area contributed by atoms with Crippen molar-refractivity contribution in [1.82, 2.24) is 18.7 Å². The van der Waals surface area contributed by atoms with Gasteiger partial charge in [-0.15, -0.1) is 29.7 Å². The Bertz CT molecular complexity index is 2810. The fraction of sp³-hybridized carbons (Fsp3) is 0.160. The van der Waals surface area contributed by atoms with E-state index in [4.69, 9.17) is 9.72 Å². The van der Waals surface area contributed by atoms with E-state index in [1.165, 1.54) is 39.3 Å². The van der Waals surface area contributed by atoms with E-state index in [9.17, 15) is 0 Å². The second kappa shape index (κ2) is 12.9. The van der Waals surface area contributed by atoms with Gasteiger partial charge in [0.2, 0.25) is 11.4 Å². The maximum atomic E-state index is 6.68. The van der Waals surface area contributed by atoms with Crippen LogP contribution in [-0.2, 0) is 31.9 Å². The number of para-hydroxylation sites is 2. The first-order valence-corrected chi connectivity index (χ1v) is 19.1. The summed E-state index contributed by atoms with van der Waals surface area (Å²) in [5.74, 6) is 2.13. The number of hydrogen-bond donors (Lipinski definition) is 0. The molecule has 0 spiro atoms. The summed E-state index contributed by atoms with van der Waals surface area (Å²) in [6.07, 6.45) is 1.91. The van der Waals surface area contributed by atoms with Crippen molar-refractivity contribution in [2.45, 2.75) is 52.4 Å². The molecular weight excluding hydrogens is 868 g/mol. The summed E-state index contributed by atoms with van der Waals surface area (Å²) in [5, 5.41) is 2.24. The minimum absolute atomic E-state index is 0. The number of aromatic nitrogens is 2. The molecule has 1 fully saturated rings. The maximum absolute atomic E-state index is 6.68. The van der Waals surface area contributed by atoms with Gasteiger partial charge in [-0.3, -0.25) is 0 Å². The molecule has 5 nitrogen and oxygen atoms in total. The first kappa shape index (κ1) is 36.3. The predicted octanol–water partition coefficient (Wildman–Crippen LogP) is 13.2. The van der Waals surface area contributed by atoms with Gasteiger partial charge >= 0.3 is 0 Å². The molecule has 2 aromatic heterocycles. The van der Waals surface area contributed by atoms with Crippen molar-refractivity contribution >= 4 is 44.6 Å². The van der Waals surface area contributed by atoms with Gasteiger partial charge in [-0.25, -0.2) is 9.58 Å². The summed E-state index contributed by atoms with van der Waals surface area (Å²) in [6, 6.07) is 57.1. The number of benzene rings is 6. The number of ether oxygens (including phenoxy) is 1. The van der Waals surface area contributed by atoms with Gasteiger partial charge in [0, 0.05) is 68.5 Å². The molecular formula is C50H43N4OPt-. The van der Waals surface area contributed by atoms with Crippen LogP contribution in [0.25, 0.3) is 38.8 Å². The van der Waals surface area contributed by atoms with E-state index in [0.717, 1.165) is 33.3 Å². The standard InChI is InChI=1S/C50H43N4O.Pt/c1-49(2,3)36-16-12-17-38(29-36)53-33-54(53,47-21-11-10-20-46(47)53)39-18-13-19-40(31-39)55-41-23-24-42-43-28-35(34-14-8-7-9-15-34)22-25-44(43)52(45(42)32-41)48-30-37(26-27-51-48)50(4,5)6;/h7-30,33H,1-6H3;/q-1;/t53-,54?;/m0./s1. The van der Waals surface area contributed by atoms with Crippen molar-refractivity contribution in [3.05, 3.63) is 176 Å². The Hall–Kier alpha value is -5.32. The van der Waals surface area contributed by atoms with E-state index in [-0.39, 0.29) is 31.9 Å². The molecule has 2 aliphatic rings. The topological polar surface area (TPSA) is 27.1 Å². The largest absolute Gasteiger partial charge is 0.509 e. The van der Waals surface area contributed by atoms with E-state index in [1.807, 2.05) is 18.3 Å². The molecule has 1 unspecified atom stereocenters. The molecule has 0 amide bonds. The molecule has 1 saturated heterocycles. The van der Waals surface area contributed by atoms with E-state index in [2.05, 4.69) is 192 Å². The molecule has 0 saturated carbocycles. The molecule has 6 aromatic carbocycles. The summed E-state index contributed by atoms with van der Waals surface area (Å²) in [6.45, 7) is 15.9. The molecule has 0 N–H and O–H groups in total. The second-order valence-corrected chi connectivity index (χ2v) is 16.9. The molecule has 4 heterocycles. The number of quaternary nitrogens is 2. The molecule has 2 aliphatic heterocycles. The third-order valence-electron chi connectivity index (χ3n) is 11.4. The van der Waals surface area contributed by atoms with Gasteiger partial charge in [0.15, 0.2) is 12.4 Å². The molecule has 8 aromatic rings. The molecule has 10 rings (SSSR count). The number of pyridine rings is 1. The zero-order chi connectivity index (χ0) is 37.7. The Labute approximate surface area is 343 Å². The van der Waals surface area contributed by atoms with Crippen molar-refractivity contribution in [2.24, 2.45) is 0 Å². The van der Waals surface area contributed by atoms with Crippen molar-refractivity contribution in [3.63, 3.8) is 0 Å². The van der Waals surface area contributed by atoms with Crippen molar-refractivity contribution in [3.8, 4) is 28.4 Å². The first-order chi connectivity index (χ1) is 26.5. The molecule has 2 atom stereocenters. The van der Waals surface area contributed by atoms with Gasteiger partial charge < -0.3 is 9.30 Å². The summed E-state index contributed by atoms with van der Waals surface area (Å²) < 4.78 is 10.1. The minimum Gasteiger partial charge on any atom is -0.509 e. The van der Waals surface area contributed by atoms with Gasteiger partial charge in [-0.05, 0) is 56.7 Å². The summed E-state index contributed by atoms with van der Waals surface area (Å²) >= 11 is 0. The van der Waals surface area contributed by atoms with Crippen LogP contribution in [0.3, 0.4) is 0 Å². The third-order valence-corrected chi connectivity index (χ3v) is 11.4. The van der Waals surface area contributed by atoms with Crippen LogP contribution in [0, 0.1) is 18.8 Å². The van der Waals surface area contributed by atoms with Crippen LogP contribution in [0.5, 0.6) is 11.5 Å². The van der Waals surface area contributed by atoms with E-state index in [1.54, 1.807) is 0 Å². The Morgan fingerprint density at radius 1 is 0.589 bits per heavy atom. The smallest absolute Gasteiger partial charge is 0.225 e. The quantitative estimate of drug-likeness (QED) is 0.0944. The van der Waals surface area contributed by atoms with Crippen molar-refractivity contribution in [2.75, 3.05) is 0 Å². The number of rotatable bonds is 6. The minimum atomic E-state index is -0.0284. The number of nitrogens with zero attached hydrogens (tertiary/aromatic N) is 4. The van der Waals surface area contributed by atoms with Crippen LogP contribution in [0.15, 0.2) is 146 Å². The van der Waals surface area contributed by atoms with Crippen LogP contribution in [0.2, 0.25) is 0 Å². The molecule has 280 valence electrons. The Morgan fingerprint density at radius 3 is 2.05 bits per heavy atom. The van der Waals surface area contributed by atoms with Crippen molar-refractivity contribution in [1.29, 1.82) is 0 Å². The molecule has 6 heteroatoms. The fourth-order valence-corrected chi connectivity index (χ4v) is 8.47. The van der Waals surface area contributed by atoms with Crippen LogP contribution < -0.4 is 13.9 Å². The third kappa shape index (κ3) is 5.44. The number of hydrogen-bond acceptors (Lipinski definition) is 2. The van der Waals surface area contributed by atoms with Gasteiger partial charge in [0.05, 0.1) is 5.69 Å². The second-order valence-electron chi connectivity index (χ2n) is 16.9. The summed E-state index contributed by atoms with van der Waals surface area (Å²) in [5.41, 5.74) is 11.7. The van der Waals surface area contributed by atoms with Gasteiger partial charge in [0.1, 0.15) is 5.82 Å². The Balaban J connectivity index is 0.00000410. The van der Waals surface area contributed by atoms with Gasteiger partial charge in [-0.1, -0.05) is 120 Å². The van der Waals surface area contributed by atoms with Crippen molar-refractivity contribution < 1.29 is 25.8 Å². The average molecular weight is 911 g/mol. The zero-order valence-electron chi connectivity index (χ0n) is 32.4. The maximum Gasteiger partial charge on any atom is 0.225 e.